The van der Waals surface area contributed by atoms with Crippen LogP contribution in [0.5, 0.6) is 5.75 Å². The van der Waals surface area contributed by atoms with Gasteiger partial charge in [0.05, 0.1) is 6.04 Å². The van der Waals surface area contributed by atoms with Crippen LogP contribution in [0.3, 0.4) is 0 Å². The topological polar surface area (TPSA) is 32.3 Å². The Morgan fingerprint density at radius 1 is 1.11 bits per heavy atom. The Balaban J connectivity index is 2.20. The molecule has 0 heterocycles. The number of benzene rings is 2. The number of halogens is 1. The van der Waals surface area contributed by atoms with Gasteiger partial charge in [0.1, 0.15) is 5.75 Å². The number of aryl methyl sites for hydroxylation is 2. The van der Waals surface area contributed by atoms with Gasteiger partial charge in [0.15, 0.2) is 0 Å². The molecule has 19 heavy (non-hydrogen) atoms. The summed E-state index contributed by atoms with van der Waals surface area (Å²) in [5.74, 6) is 0.349. The van der Waals surface area contributed by atoms with E-state index < -0.39 is 0 Å². The number of anilines is 1. The van der Waals surface area contributed by atoms with Crippen LogP contribution in [0.25, 0.3) is 0 Å². The first kappa shape index (κ1) is 14.2. The largest absolute Gasteiger partial charge is 0.508 e. The Bertz CT molecular complexity index is 595. The molecule has 0 saturated heterocycles. The first-order valence-corrected chi connectivity index (χ1v) is 7.37. The summed E-state index contributed by atoms with van der Waals surface area (Å²) in [6.07, 6.45) is 0. The van der Waals surface area contributed by atoms with Crippen LogP contribution in [-0.4, -0.2) is 5.11 Å². The van der Waals surface area contributed by atoms with Gasteiger partial charge >= 0.3 is 0 Å². The Morgan fingerprint density at radius 3 is 2.47 bits per heavy atom. The molecule has 2 aromatic carbocycles. The maximum absolute atomic E-state index is 10.00. The lowest BCUT2D eigenvalue weighted by molar-refractivity contribution is 0.465. The minimum atomic E-state index is 0.0686. The van der Waals surface area contributed by atoms with Gasteiger partial charge < -0.3 is 10.4 Å². The average molecular weight is 367 g/mol. The van der Waals surface area contributed by atoms with Gasteiger partial charge in [0.25, 0.3) is 0 Å². The molecule has 100 valence electrons. The molecule has 1 atom stereocenters. The molecule has 0 aliphatic carbocycles. The molecule has 2 N–H and O–H groups in total. The monoisotopic (exact) mass is 367 g/mol. The highest BCUT2D eigenvalue weighted by atomic mass is 127. The fourth-order valence-corrected chi connectivity index (χ4v) is 2.55. The summed E-state index contributed by atoms with van der Waals surface area (Å²) < 4.78 is 1.24. The molecule has 2 rings (SSSR count). The third-order valence-electron chi connectivity index (χ3n) is 3.21. The van der Waals surface area contributed by atoms with Gasteiger partial charge in [-0.3, -0.25) is 0 Å². The Kier molecular flexibility index (Phi) is 4.34. The maximum Gasteiger partial charge on any atom is 0.121 e. The molecular weight excluding hydrogens is 349 g/mol. The molecule has 0 spiro atoms. The molecule has 0 bridgehead atoms. The molecule has 0 aliphatic rings. The molecule has 0 fully saturated rings. The van der Waals surface area contributed by atoms with E-state index in [1.165, 1.54) is 9.13 Å². The third-order valence-corrected chi connectivity index (χ3v) is 4.37. The predicted molar refractivity (Wildman–Crippen MR) is 88.8 cm³/mol. The lowest BCUT2D eigenvalue weighted by Crippen LogP contribution is -2.07. The number of phenolic OH excluding ortho intramolecular Hbond substituents is 1. The summed E-state index contributed by atoms with van der Waals surface area (Å²) in [4.78, 5) is 0. The number of phenols is 1. The van der Waals surface area contributed by atoms with E-state index >= 15 is 0 Å². The van der Waals surface area contributed by atoms with Crippen LogP contribution < -0.4 is 5.32 Å². The molecule has 0 saturated carbocycles. The molecule has 0 aromatic heterocycles. The zero-order chi connectivity index (χ0) is 14.0. The molecular formula is C16H18INO. The molecule has 3 heteroatoms. The van der Waals surface area contributed by atoms with Crippen molar-refractivity contribution in [3.8, 4) is 5.75 Å². The van der Waals surface area contributed by atoms with Crippen LogP contribution in [0.2, 0.25) is 0 Å². The lowest BCUT2D eigenvalue weighted by Gasteiger charge is -2.18. The molecule has 0 aliphatic heterocycles. The summed E-state index contributed by atoms with van der Waals surface area (Å²) >= 11 is 2.33. The number of hydrogen-bond acceptors (Lipinski definition) is 2. The van der Waals surface area contributed by atoms with Crippen molar-refractivity contribution in [3.05, 3.63) is 56.7 Å². The number of nitrogens with one attached hydrogen (secondary N) is 1. The molecule has 2 aromatic rings. The highest BCUT2D eigenvalue weighted by Gasteiger charge is 2.10. The van der Waals surface area contributed by atoms with Crippen LogP contribution in [-0.2, 0) is 0 Å². The highest BCUT2D eigenvalue weighted by Crippen LogP contribution is 2.28. The van der Waals surface area contributed by atoms with Crippen molar-refractivity contribution in [1.29, 1.82) is 0 Å². The minimum Gasteiger partial charge on any atom is -0.508 e. The third kappa shape index (κ3) is 3.41. The van der Waals surface area contributed by atoms with Crippen molar-refractivity contribution in [2.45, 2.75) is 26.8 Å². The van der Waals surface area contributed by atoms with Crippen molar-refractivity contribution in [2.75, 3.05) is 5.32 Å². The van der Waals surface area contributed by atoms with E-state index in [4.69, 9.17) is 0 Å². The summed E-state index contributed by atoms with van der Waals surface area (Å²) in [5.41, 5.74) is 4.33. The van der Waals surface area contributed by atoms with Gasteiger partial charge in [0, 0.05) is 14.8 Å². The highest BCUT2D eigenvalue weighted by molar-refractivity contribution is 14.1. The molecule has 1 unspecified atom stereocenters. The zero-order valence-electron chi connectivity index (χ0n) is 11.4. The van der Waals surface area contributed by atoms with Gasteiger partial charge in [-0.2, -0.15) is 0 Å². The van der Waals surface area contributed by atoms with E-state index in [-0.39, 0.29) is 6.04 Å². The Hall–Kier alpha value is -1.23. The quantitative estimate of drug-likeness (QED) is 0.765. The molecule has 0 radical (unpaired) electrons. The van der Waals surface area contributed by atoms with E-state index in [0.29, 0.717) is 5.75 Å². The lowest BCUT2D eigenvalue weighted by atomic mass is 10.0. The summed E-state index contributed by atoms with van der Waals surface area (Å²) in [6.45, 7) is 6.13. The van der Waals surface area contributed by atoms with Crippen molar-refractivity contribution in [3.63, 3.8) is 0 Å². The molecule has 0 amide bonds. The first-order chi connectivity index (χ1) is 8.97. The summed E-state index contributed by atoms with van der Waals surface area (Å²) in [5, 5.41) is 13.4. The normalized spacial score (nSPS) is 12.2. The van der Waals surface area contributed by atoms with E-state index in [1.54, 1.807) is 6.07 Å². The van der Waals surface area contributed by atoms with Gasteiger partial charge in [-0.1, -0.05) is 18.2 Å². The minimum absolute atomic E-state index is 0.0686. The fraction of sp³-hybridized carbons (Fsp3) is 0.250. The van der Waals surface area contributed by atoms with Crippen molar-refractivity contribution in [2.24, 2.45) is 0 Å². The fourth-order valence-electron chi connectivity index (χ4n) is 2.03. The van der Waals surface area contributed by atoms with Crippen molar-refractivity contribution >= 4 is 28.3 Å². The predicted octanol–water partition coefficient (Wildman–Crippen LogP) is 4.79. The second-order valence-electron chi connectivity index (χ2n) is 4.89. The zero-order valence-corrected chi connectivity index (χ0v) is 13.5. The number of rotatable bonds is 3. The van der Waals surface area contributed by atoms with Crippen LogP contribution in [0.15, 0.2) is 36.4 Å². The number of aromatic hydroxyl groups is 1. The van der Waals surface area contributed by atoms with E-state index in [0.717, 1.165) is 16.8 Å². The van der Waals surface area contributed by atoms with Crippen LogP contribution in [0.4, 0.5) is 5.69 Å². The Morgan fingerprint density at radius 2 is 1.84 bits per heavy atom. The van der Waals surface area contributed by atoms with Gasteiger partial charge in [-0.25, -0.2) is 0 Å². The van der Waals surface area contributed by atoms with Gasteiger partial charge in [0.2, 0.25) is 0 Å². The van der Waals surface area contributed by atoms with Gasteiger partial charge in [-0.05, 0) is 72.7 Å². The van der Waals surface area contributed by atoms with Crippen LogP contribution >= 0.6 is 22.6 Å². The summed E-state index contributed by atoms with van der Waals surface area (Å²) in [6, 6.07) is 12.2. The standard InChI is InChI=1S/C16H18INO/c1-10-4-7-14(16(19)8-10)12(3)18-13-6-5-11(2)15(17)9-13/h4-9,12,18-19H,1-3H3. The van der Waals surface area contributed by atoms with Gasteiger partial charge in [-0.15, -0.1) is 0 Å². The van der Waals surface area contributed by atoms with E-state index in [2.05, 4.69) is 60.0 Å². The van der Waals surface area contributed by atoms with E-state index in [9.17, 15) is 5.11 Å². The Labute approximate surface area is 128 Å². The average Bonchev–Trinajstić information content (AvgIpc) is 2.33. The SMILES string of the molecule is Cc1ccc(C(C)Nc2ccc(C)c(I)c2)c(O)c1. The smallest absolute Gasteiger partial charge is 0.121 e. The summed E-state index contributed by atoms with van der Waals surface area (Å²) in [7, 11) is 0. The first-order valence-electron chi connectivity index (χ1n) is 6.29. The second-order valence-corrected chi connectivity index (χ2v) is 6.05. The van der Waals surface area contributed by atoms with Crippen molar-refractivity contribution < 1.29 is 5.11 Å². The molecule has 2 nitrogen and oxygen atoms in total. The second kappa shape index (κ2) is 5.82. The maximum atomic E-state index is 10.00. The van der Waals surface area contributed by atoms with E-state index in [1.807, 2.05) is 19.1 Å². The number of hydrogen-bond donors (Lipinski definition) is 2. The van der Waals surface area contributed by atoms with Crippen LogP contribution in [0.1, 0.15) is 29.7 Å². The van der Waals surface area contributed by atoms with Crippen LogP contribution in [0, 0.1) is 17.4 Å². The van der Waals surface area contributed by atoms with Crippen molar-refractivity contribution in [1.82, 2.24) is 0 Å².